The van der Waals surface area contributed by atoms with Gasteiger partial charge in [-0.25, -0.2) is 0 Å². The second-order valence-electron chi connectivity index (χ2n) is 4.67. The summed E-state index contributed by atoms with van der Waals surface area (Å²) < 4.78 is 27.8. The van der Waals surface area contributed by atoms with E-state index in [1.54, 1.807) is 11.4 Å². The quantitative estimate of drug-likeness (QED) is 0.722. The predicted octanol–water partition coefficient (Wildman–Crippen LogP) is 1.42. The molecule has 2 rings (SSSR count). The van der Waals surface area contributed by atoms with Gasteiger partial charge in [-0.1, -0.05) is 6.42 Å². The van der Waals surface area contributed by atoms with Gasteiger partial charge in [0.15, 0.2) is 0 Å². The smallest absolute Gasteiger partial charge is 0.195 e. The molecule has 0 bridgehead atoms. The molecule has 0 aromatic carbocycles. The first kappa shape index (κ1) is 12.6. The monoisotopic (exact) mass is 266 g/mol. The number of nitrogens with zero attached hydrogens (tertiary/aromatic N) is 2. The van der Waals surface area contributed by atoms with Crippen molar-refractivity contribution in [3.8, 4) is 0 Å². The highest BCUT2D eigenvalue weighted by Crippen LogP contribution is 2.31. The van der Waals surface area contributed by atoms with E-state index >= 15 is 0 Å². The Labute approximate surface area is 103 Å². The Bertz CT molecular complexity index is 343. The van der Waals surface area contributed by atoms with E-state index < -0.39 is 10.2 Å². The van der Waals surface area contributed by atoms with Crippen LogP contribution in [0.1, 0.15) is 32.1 Å². The lowest BCUT2D eigenvalue weighted by molar-refractivity contribution is 0.251. The van der Waals surface area contributed by atoms with Crippen molar-refractivity contribution in [2.24, 2.45) is 0 Å². The number of piperidine rings is 1. The maximum absolute atomic E-state index is 12.3. The number of rotatable bonds is 4. The van der Waals surface area contributed by atoms with E-state index in [-0.39, 0.29) is 12.1 Å². The molecule has 0 aromatic rings. The van der Waals surface area contributed by atoms with Crippen LogP contribution >= 0.6 is 11.6 Å². The number of alkyl halides is 1. The molecule has 1 aliphatic heterocycles. The van der Waals surface area contributed by atoms with Crippen LogP contribution in [-0.4, -0.2) is 48.6 Å². The van der Waals surface area contributed by atoms with Crippen LogP contribution < -0.4 is 0 Å². The van der Waals surface area contributed by atoms with Gasteiger partial charge < -0.3 is 0 Å². The third-order valence-electron chi connectivity index (χ3n) is 3.47. The van der Waals surface area contributed by atoms with Gasteiger partial charge in [0.25, 0.3) is 10.2 Å². The predicted molar refractivity (Wildman–Crippen MR) is 64.8 cm³/mol. The second-order valence-corrected chi connectivity index (χ2v) is 6.92. The zero-order valence-corrected chi connectivity index (χ0v) is 11.2. The molecular weight excluding hydrogens is 248 g/mol. The lowest BCUT2D eigenvalue weighted by atomic mass is 10.1. The van der Waals surface area contributed by atoms with Gasteiger partial charge >= 0.3 is 0 Å². The van der Waals surface area contributed by atoms with E-state index in [9.17, 15) is 8.42 Å². The summed E-state index contributed by atoms with van der Waals surface area (Å²) in [5.74, 6) is 0.401. The van der Waals surface area contributed by atoms with Gasteiger partial charge in [0, 0.05) is 31.6 Å². The minimum atomic E-state index is -3.28. The van der Waals surface area contributed by atoms with Crippen molar-refractivity contribution < 1.29 is 8.42 Å². The molecule has 6 heteroatoms. The van der Waals surface area contributed by atoms with E-state index in [1.165, 1.54) is 4.31 Å². The summed E-state index contributed by atoms with van der Waals surface area (Å²) in [5.41, 5.74) is 0. The van der Waals surface area contributed by atoms with Crippen molar-refractivity contribution in [2.75, 3.05) is 19.5 Å². The molecule has 0 radical (unpaired) electrons. The molecule has 2 fully saturated rings. The fourth-order valence-electron chi connectivity index (χ4n) is 2.22. The van der Waals surface area contributed by atoms with Crippen LogP contribution in [0.2, 0.25) is 0 Å². The molecule has 1 heterocycles. The summed E-state index contributed by atoms with van der Waals surface area (Å²) in [5, 5.41) is 0. The maximum Gasteiger partial charge on any atom is 0.282 e. The highest BCUT2D eigenvalue weighted by atomic mass is 35.5. The van der Waals surface area contributed by atoms with Gasteiger partial charge in [-0.15, -0.1) is 11.6 Å². The van der Waals surface area contributed by atoms with Crippen molar-refractivity contribution in [3.05, 3.63) is 0 Å². The molecule has 1 aliphatic carbocycles. The first-order valence-electron chi connectivity index (χ1n) is 5.88. The summed E-state index contributed by atoms with van der Waals surface area (Å²) in [4.78, 5) is 0. The molecule has 1 unspecified atom stereocenters. The third kappa shape index (κ3) is 2.37. The van der Waals surface area contributed by atoms with Gasteiger partial charge in [0.1, 0.15) is 0 Å². The number of hydrogen-bond acceptors (Lipinski definition) is 2. The molecule has 2 aliphatic rings. The molecule has 0 aromatic heterocycles. The SMILES string of the molecule is CN(C1CC1)S(=O)(=O)N1CCCCC1CCl. The first-order valence-corrected chi connectivity index (χ1v) is 7.81. The molecule has 0 N–H and O–H groups in total. The van der Waals surface area contributed by atoms with Crippen LogP contribution in [0, 0.1) is 0 Å². The summed E-state index contributed by atoms with van der Waals surface area (Å²) >= 11 is 5.86. The lowest BCUT2D eigenvalue weighted by Gasteiger charge is -2.36. The summed E-state index contributed by atoms with van der Waals surface area (Å²) in [6.07, 6.45) is 4.91. The van der Waals surface area contributed by atoms with Crippen molar-refractivity contribution in [1.82, 2.24) is 8.61 Å². The topological polar surface area (TPSA) is 40.6 Å². The molecule has 16 heavy (non-hydrogen) atoms. The molecule has 4 nitrogen and oxygen atoms in total. The Kier molecular flexibility index (Phi) is 3.79. The van der Waals surface area contributed by atoms with E-state index in [2.05, 4.69) is 0 Å². The Morgan fingerprint density at radius 3 is 2.56 bits per heavy atom. The van der Waals surface area contributed by atoms with Crippen LogP contribution in [0.25, 0.3) is 0 Å². The van der Waals surface area contributed by atoms with E-state index in [0.29, 0.717) is 12.4 Å². The zero-order valence-electron chi connectivity index (χ0n) is 9.60. The van der Waals surface area contributed by atoms with Crippen LogP contribution in [0.4, 0.5) is 0 Å². The summed E-state index contributed by atoms with van der Waals surface area (Å²) in [7, 11) is -1.59. The van der Waals surface area contributed by atoms with Gasteiger partial charge in [0.2, 0.25) is 0 Å². The normalized spacial score (nSPS) is 28.6. The fraction of sp³-hybridized carbons (Fsp3) is 1.00. The molecule has 1 saturated heterocycles. The van der Waals surface area contributed by atoms with Crippen LogP contribution in [0.15, 0.2) is 0 Å². The molecule has 1 saturated carbocycles. The fourth-order valence-corrected chi connectivity index (χ4v) is 4.46. The Balaban J connectivity index is 2.13. The standard InChI is InChI=1S/C10H19ClN2O2S/c1-12(9-5-6-9)16(14,15)13-7-3-2-4-10(13)8-11/h9-10H,2-8H2,1H3. The highest BCUT2D eigenvalue weighted by Gasteiger charge is 2.40. The minimum Gasteiger partial charge on any atom is -0.195 e. The van der Waals surface area contributed by atoms with Crippen LogP contribution in [0.3, 0.4) is 0 Å². The second kappa shape index (κ2) is 4.80. The van der Waals surface area contributed by atoms with Gasteiger partial charge in [-0.05, 0) is 25.7 Å². The van der Waals surface area contributed by atoms with Crippen LogP contribution in [0.5, 0.6) is 0 Å². The molecular formula is C10H19ClN2O2S. The van der Waals surface area contributed by atoms with Crippen LogP contribution in [-0.2, 0) is 10.2 Å². The maximum atomic E-state index is 12.3. The van der Waals surface area contributed by atoms with Crippen molar-refractivity contribution in [1.29, 1.82) is 0 Å². The first-order chi connectivity index (χ1) is 7.57. The molecule has 94 valence electrons. The third-order valence-corrected chi connectivity index (χ3v) is 5.93. The molecule has 0 amide bonds. The highest BCUT2D eigenvalue weighted by molar-refractivity contribution is 7.86. The Morgan fingerprint density at radius 1 is 1.31 bits per heavy atom. The molecule has 1 atom stereocenters. The van der Waals surface area contributed by atoms with E-state index in [4.69, 9.17) is 11.6 Å². The molecule has 0 spiro atoms. The van der Waals surface area contributed by atoms with Gasteiger partial charge in [-0.2, -0.15) is 17.0 Å². The zero-order chi connectivity index (χ0) is 11.8. The van der Waals surface area contributed by atoms with Crippen molar-refractivity contribution >= 4 is 21.8 Å². The lowest BCUT2D eigenvalue weighted by Crippen LogP contribution is -2.50. The average Bonchev–Trinajstić information content (AvgIpc) is 3.11. The van der Waals surface area contributed by atoms with Crippen molar-refractivity contribution in [3.63, 3.8) is 0 Å². The average molecular weight is 267 g/mol. The van der Waals surface area contributed by atoms with Gasteiger partial charge in [0.05, 0.1) is 0 Å². The number of hydrogen-bond donors (Lipinski definition) is 0. The Hall–Kier alpha value is 0.160. The Morgan fingerprint density at radius 2 is 2.00 bits per heavy atom. The summed E-state index contributed by atoms with van der Waals surface area (Å²) in [6.45, 7) is 0.622. The summed E-state index contributed by atoms with van der Waals surface area (Å²) in [6, 6.07) is 0.213. The van der Waals surface area contributed by atoms with Gasteiger partial charge in [-0.3, -0.25) is 0 Å². The largest absolute Gasteiger partial charge is 0.282 e. The van der Waals surface area contributed by atoms with E-state index in [1.807, 2.05) is 0 Å². The van der Waals surface area contributed by atoms with E-state index in [0.717, 1.165) is 32.1 Å². The van der Waals surface area contributed by atoms with Crippen molar-refractivity contribution in [2.45, 2.75) is 44.2 Å². The number of halogens is 1. The minimum absolute atomic E-state index is 0.0124.